The lowest BCUT2D eigenvalue weighted by atomic mass is 10.3. The molecule has 0 spiro atoms. The van der Waals surface area contributed by atoms with Crippen molar-refractivity contribution in [3.05, 3.63) is 52.7 Å². The van der Waals surface area contributed by atoms with E-state index in [9.17, 15) is 29.8 Å². The van der Waals surface area contributed by atoms with E-state index in [2.05, 4.69) is 15.9 Å². The lowest BCUT2D eigenvalue weighted by molar-refractivity contribution is -0.380. The van der Waals surface area contributed by atoms with Crippen molar-refractivity contribution >= 4 is 60.4 Å². The summed E-state index contributed by atoms with van der Waals surface area (Å²) in [6.07, 6.45) is 0. The molecular weight excluding hydrogens is 416 g/mol. The van der Waals surface area contributed by atoms with Gasteiger partial charge in [0.15, 0.2) is 0 Å². The summed E-state index contributed by atoms with van der Waals surface area (Å²) in [5, 5.41) is 21.6. The molecule has 0 radical (unpaired) electrons. The molecule has 122 valence electrons. The van der Waals surface area contributed by atoms with E-state index in [1.165, 1.54) is 17.5 Å². The molecule has 0 aliphatic carbocycles. The van der Waals surface area contributed by atoms with Crippen LogP contribution in [0.5, 0.6) is 0 Å². The Balaban J connectivity index is 0.000000231. The Kier molecular flexibility index (Phi) is 6.29. The number of nitrogens with two attached hydrogens (primary N) is 2. The van der Waals surface area contributed by atoms with Crippen molar-refractivity contribution in [2.75, 3.05) is 0 Å². The number of nitrogens with zero attached hydrogens (tertiary/aromatic N) is 2. The Morgan fingerprint density at radius 3 is 1.91 bits per heavy atom. The van der Waals surface area contributed by atoms with E-state index in [0.29, 0.717) is 3.79 Å². The minimum atomic E-state index is -0.788. The van der Waals surface area contributed by atoms with Crippen molar-refractivity contribution in [1.29, 1.82) is 0 Å². The smallest absolute Gasteiger partial charge is 0.337 e. The van der Waals surface area contributed by atoms with Crippen LogP contribution in [0.25, 0.3) is 0 Å². The number of thiophene rings is 2. The predicted molar refractivity (Wildman–Crippen MR) is 86.7 cm³/mol. The number of carbonyl (C=O) groups is 2. The fraction of sp³-hybridized carbons (Fsp3) is 0. The van der Waals surface area contributed by atoms with Crippen molar-refractivity contribution in [3.63, 3.8) is 0 Å². The second-order valence-corrected chi connectivity index (χ2v) is 6.96. The van der Waals surface area contributed by atoms with Crippen molar-refractivity contribution < 1.29 is 19.4 Å². The standard InChI is InChI=1S/C5H3BrN2O3S.C5H4N2O3S/c6-3-1-2(4(7)9)5(12-3)8(10)11;6-4(8)3-1-2-11-5(3)7(9)10/h1H,(H2,7,9);1-2H,(H2,6,8). The topological polar surface area (TPSA) is 172 Å². The zero-order valence-electron chi connectivity index (χ0n) is 10.9. The molecule has 23 heavy (non-hydrogen) atoms. The highest BCUT2D eigenvalue weighted by atomic mass is 79.9. The molecule has 0 aromatic carbocycles. The number of primary amides is 2. The Hall–Kier alpha value is -2.38. The van der Waals surface area contributed by atoms with E-state index in [1.807, 2.05) is 0 Å². The van der Waals surface area contributed by atoms with Crippen LogP contribution in [0.4, 0.5) is 10.0 Å². The number of carbonyl (C=O) groups excluding carboxylic acids is 2. The molecule has 0 bridgehead atoms. The van der Waals surface area contributed by atoms with Gasteiger partial charge in [0, 0.05) is 0 Å². The van der Waals surface area contributed by atoms with Gasteiger partial charge in [-0.1, -0.05) is 22.7 Å². The van der Waals surface area contributed by atoms with Gasteiger partial charge in [0.2, 0.25) is 0 Å². The van der Waals surface area contributed by atoms with Crippen LogP contribution < -0.4 is 11.5 Å². The Bertz CT molecular complexity index is 726. The molecule has 0 aliphatic heterocycles. The second kappa shape index (κ2) is 7.75. The number of hydrogen-bond acceptors (Lipinski definition) is 8. The van der Waals surface area contributed by atoms with Crippen LogP contribution in [0.1, 0.15) is 20.7 Å². The van der Waals surface area contributed by atoms with Crippen LogP contribution >= 0.6 is 38.6 Å². The third-order valence-electron chi connectivity index (χ3n) is 2.19. The molecule has 2 rings (SSSR count). The van der Waals surface area contributed by atoms with Gasteiger partial charge in [0.25, 0.3) is 11.8 Å². The van der Waals surface area contributed by atoms with E-state index in [0.717, 1.165) is 22.7 Å². The molecule has 4 N–H and O–H groups in total. The summed E-state index contributed by atoms with van der Waals surface area (Å²) in [4.78, 5) is 40.4. The van der Waals surface area contributed by atoms with Gasteiger partial charge >= 0.3 is 10.0 Å². The molecule has 2 aromatic heterocycles. The van der Waals surface area contributed by atoms with Crippen LogP contribution in [0, 0.1) is 20.2 Å². The number of amides is 2. The lowest BCUT2D eigenvalue weighted by Gasteiger charge is -1.87. The van der Waals surface area contributed by atoms with E-state index >= 15 is 0 Å². The van der Waals surface area contributed by atoms with Gasteiger partial charge in [0.1, 0.15) is 11.1 Å². The molecule has 10 nitrogen and oxygen atoms in total. The van der Waals surface area contributed by atoms with E-state index in [-0.39, 0.29) is 21.1 Å². The second-order valence-electron chi connectivity index (χ2n) is 3.65. The summed E-state index contributed by atoms with van der Waals surface area (Å²) in [5.74, 6) is -1.55. The quantitative estimate of drug-likeness (QED) is 0.564. The van der Waals surface area contributed by atoms with Crippen LogP contribution in [-0.2, 0) is 0 Å². The molecule has 2 amide bonds. The highest BCUT2D eigenvalue weighted by Gasteiger charge is 2.22. The van der Waals surface area contributed by atoms with Gasteiger partial charge in [-0.15, -0.1) is 0 Å². The van der Waals surface area contributed by atoms with Gasteiger partial charge < -0.3 is 11.5 Å². The van der Waals surface area contributed by atoms with Gasteiger partial charge in [-0.3, -0.25) is 29.8 Å². The van der Waals surface area contributed by atoms with E-state index < -0.39 is 21.7 Å². The molecule has 13 heteroatoms. The molecular formula is C10H7BrN4O6S2. The largest absolute Gasteiger partial charge is 0.365 e. The summed E-state index contributed by atoms with van der Waals surface area (Å²) in [6, 6.07) is 2.68. The zero-order valence-corrected chi connectivity index (χ0v) is 14.1. The zero-order chi connectivity index (χ0) is 17.7. The minimum absolute atomic E-state index is 0.0278. The summed E-state index contributed by atoms with van der Waals surface area (Å²) in [5.41, 5.74) is 9.68. The molecule has 0 aliphatic rings. The Morgan fingerprint density at radius 2 is 1.57 bits per heavy atom. The average molecular weight is 423 g/mol. The number of nitro groups is 2. The van der Waals surface area contributed by atoms with Gasteiger partial charge in [-0.2, -0.15) is 0 Å². The van der Waals surface area contributed by atoms with Crippen molar-refractivity contribution in [2.24, 2.45) is 11.5 Å². The number of hydrogen-bond donors (Lipinski definition) is 2. The van der Waals surface area contributed by atoms with Crippen molar-refractivity contribution in [2.45, 2.75) is 0 Å². The summed E-state index contributed by atoms with van der Waals surface area (Å²) < 4.78 is 0.517. The number of halogens is 1. The maximum atomic E-state index is 10.6. The molecule has 0 atom stereocenters. The normalized spacial score (nSPS) is 9.61. The van der Waals surface area contributed by atoms with E-state index in [4.69, 9.17) is 11.5 Å². The Labute approximate surface area is 144 Å². The fourth-order valence-corrected chi connectivity index (χ4v) is 3.40. The van der Waals surface area contributed by atoms with E-state index in [1.54, 1.807) is 0 Å². The van der Waals surface area contributed by atoms with Crippen LogP contribution in [-0.4, -0.2) is 21.7 Å². The highest BCUT2D eigenvalue weighted by Crippen LogP contribution is 2.33. The maximum absolute atomic E-state index is 10.6. The molecule has 2 heterocycles. The van der Waals surface area contributed by atoms with Gasteiger partial charge in [0.05, 0.1) is 13.6 Å². The van der Waals surface area contributed by atoms with Gasteiger partial charge in [-0.25, -0.2) is 0 Å². The summed E-state index contributed by atoms with van der Waals surface area (Å²) in [6.45, 7) is 0. The highest BCUT2D eigenvalue weighted by molar-refractivity contribution is 9.11. The number of rotatable bonds is 4. The predicted octanol–water partition coefficient (Wildman–Crippen LogP) is 2.27. The third kappa shape index (κ3) is 4.80. The fourth-order valence-electron chi connectivity index (χ4n) is 1.29. The molecule has 0 saturated carbocycles. The molecule has 0 fully saturated rings. The SMILES string of the molecule is NC(=O)c1cc(Br)sc1[N+](=O)[O-].NC(=O)c1ccsc1[N+](=O)[O-]. The van der Waals surface area contributed by atoms with Crippen molar-refractivity contribution in [3.8, 4) is 0 Å². The average Bonchev–Trinajstić information content (AvgIpc) is 3.05. The van der Waals surface area contributed by atoms with Crippen molar-refractivity contribution in [1.82, 2.24) is 0 Å². The summed E-state index contributed by atoms with van der Waals surface area (Å²) in [7, 11) is 0. The third-order valence-corrected chi connectivity index (χ3v) is 4.64. The first-order valence-corrected chi connectivity index (χ1v) is 7.89. The first-order valence-electron chi connectivity index (χ1n) is 5.40. The minimum Gasteiger partial charge on any atom is -0.365 e. The monoisotopic (exact) mass is 422 g/mol. The molecule has 2 aromatic rings. The lowest BCUT2D eigenvalue weighted by Crippen LogP contribution is -2.11. The maximum Gasteiger partial charge on any atom is 0.337 e. The molecule has 0 saturated heterocycles. The Morgan fingerprint density at radius 1 is 1.04 bits per heavy atom. The summed E-state index contributed by atoms with van der Waals surface area (Å²) >= 11 is 4.78. The van der Waals surface area contributed by atoms with Crippen LogP contribution in [0.3, 0.4) is 0 Å². The van der Waals surface area contributed by atoms with Crippen LogP contribution in [0.2, 0.25) is 0 Å². The van der Waals surface area contributed by atoms with Crippen LogP contribution in [0.15, 0.2) is 21.3 Å². The molecule has 0 unspecified atom stereocenters. The van der Waals surface area contributed by atoms with Gasteiger partial charge in [-0.05, 0) is 33.4 Å². The first kappa shape index (κ1) is 18.7. The first-order chi connectivity index (χ1) is 10.6.